The van der Waals surface area contributed by atoms with Crippen LogP contribution in [0.25, 0.3) is 0 Å². The van der Waals surface area contributed by atoms with Crippen molar-refractivity contribution in [2.75, 3.05) is 5.32 Å². The average molecular weight is 376 g/mol. The predicted octanol–water partition coefficient (Wildman–Crippen LogP) is 6.32. The summed E-state index contributed by atoms with van der Waals surface area (Å²) in [6.45, 7) is 0.784. The summed E-state index contributed by atoms with van der Waals surface area (Å²) in [6, 6.07) is 19.7. The summed E-state index contributed by atoms with van der Waals surface area (Å²) in [5.41, 5.74) is 2.67. The molecule has 1 N–H and O–H groups in total. The van der Waals surface area contributed by atoms with Gasteiger partial charge in [-0.2, -0.15) is 0 Å². The quantitative estimate of drug-likeness (QED) is 0.543. The zero-order chi connectivity index (χ0) is 17.6. The van der Waals surface area contributed by atoms with Gasteiger partial charge >= 0.3 is 0 Å². The first-order valence-electron chi connectivity index (χ1n) is 7.76. The number of anilines is 1. The van der Waals surface area contributed by atoms with Crippen LogP contribution in [-0.4, -0.2) is 0 Å². The molecule has 0 atom stereocenters. The normalized spacial score (nSPS) is 10.5. The van der Waals surface area contributed by atoms with Gasteiger partial charge in [-0.3, -0.25) is 0 Å². The first-order valence-corrected chi connectivity index (χ1v) is 8.51. The van der Waals surface area contributed by atoms with Crippen molar-refractivity contribution in [3.8, 4) is 5.75 Å². The van der Waals surface area contributed by atoms with E-state index in [1.807, 2.05) is 42.5 Å². The topological polar surface area (TPSA) is 21.3 Å². The summed E-state index contributed by atoms with van der Waals surface area (Å²) in [7, 11) is 0. The monoisotopic (exact) mass is 375 g/mol. The summed E-state index contributed by atoms with van der Waals surface area (Å²) in [5, 5.41) is 4.15. The van der Waals surface area contributed by atoms with E-state index in [1.165, 1.54) is 12.1 Å². The van der Waals surface area contributed by atoms with E-state index in [-0.39, 0.29) is 12.4 Å². The van der Waals surface area contributed by atoms with Crippen LogP contribution in [0.15, 0.2) is 66.7 Å². The van der Waals surface area contributed by atoms with Crippen molar-refractivity contribution in [3.05, 3.63) is 93.7 Å². The molecule has 5 heteroatoms. The number of nitrogens with one attached hydrogen (secondary N) is 1. The molecule has 0 spiro atoms. The highest BCUT2D eigenvalue weighted by atomic mass is 35.5. The van der Waals surface area contributed by atoms with Crippen LogP contribution < -0.4 is 10.1 Å². The minimum absolute atomic E-state index is 0.193. The van der Waals surface area contributed by atoms with Gasteiger partial charge in [-0.05, 0) is 47.5 Å². The first-order chi connectivity index (χ1) is 12.1. The van der Waals surface area contributed by atoms with Crippen LogP contribution in [0.3, 0.4) is 0 Å². The summed E-state index contributed by atoms with van der Waals surface area (Å²) in [5.74, 6) is 0.0942. The number of hydrogen-bond donors (Lipinski definition) is 1. The number of halogens is 3. The molecule has 3 rings (SSSR count). The van der Waals surface area contributed by atoms with Crippen LogP contribution in [0.5, 0.6) is 5.75 Å². The molecule has 25 heavy (non-hydrogen) atoms. The lowest BCUT2D eigenvalue weighted by molar-refractivity contribution is 0.306. The lowest BCUT2D eigenvalue weighted by Gasteiger charge is -2.13. The molecule has 3 aromatic carbocycles. The van der Waals surface area contributed by atoms with Crippen molar-refractivity contribution in [3.63, 3.8) is 0 Å². The van der Waals surface area contributed by atoms with Crippen molar-refractivity contribution < 1.29 is 9.13 Å². The second-order valence-corrected chi connectivity index (χ2v) is 6.34. The highest BCUT2D eigenvalue weighted by molar-refractivity contribution is 6.37. The van der Waals surface area contributed by atoms with Gasteiger partial charge < -0.3 is 10.1 Å². The zero-order valence-electron chi connectivity index (χ0n) is 13.3. The minimum atomic E-state index is -0.305. The van der Waals surface area contributed by atoms with Gasteiger partial charge in [-0.1, -0.05) is 53.5 Å². The predicted molar refractivity (Wildman–Crippen MR) is 101 cm³/mol. The summed E-state index contributed by atoms with van der Waals surface area (Å²) in [6.07, 6.45) is 0. The lowest BCUT2D eigenvalue weighted by Crippen LogP contribution is -2.01. The van der Waals surface area contributed by atoms with Gasteiger partial charge in [0.25, 0.3) is 0 Å². The molecule has 0 saturated heterocycles. The Morgan fingerprint density at radius 1 is 0.840 bits per heavy atom. The Bertz CT molecular complexity index is 832. The van der Waals surface area contributed by atoms with Crippen molar-refractivity contribution in [2.45, 2.75) is 13.2 Å². The molecule has 3 aromatic rings. The van der Waals surface area contributed by atoms with Crippen molar-refractivity contribution >= 4 is 28.9 Å². The average Bonchev–Trinajstić information content (AvgIpc) is 2.60. The Hall–Kier alpha value is -2.23. The standard InChI is InChI=1S/C20H16Cl2FNO/c21-18-10-15(12-24-17-7-2-1-3-8-17)11-19(22)20(18)25-13-14-5-4-6-16(23)9-14/h1-11,24H,12-13H2. The first kappa shape index (κ1) is 17.6. The van der Waals surface area contributed by atoms with Crippen LogP contribution in [0.1, 0.15) is 11.1 Å². The van der Waals surface area contributed by atoms with Gasteiger partial charge in [-0.25, -0.2) is 4.39 Å². The lowest BCUT2D eigenvalue weighted by atomic mass is 10.2. The van der Waals surface area contributed by atoms with Gasteiger partial charge in [0.15, 0.2) is 5.75 Å². The van der Waals surface area contributed by atoms with Gasteiger partial charge in [0.1, 0.15) is 12.4 Å². The smallest absolute Gasteiger partial charge is 0.156 e. The SMILES string of the molecule is Fc1cccc(COc2c(Cl)cc(CNc3ccccc3)cc2Cl)c1. The number of ether oxygens (including phenoxy) is 1. The maximum Gasteiger partial charge on any atom is 0.156 e. The third kappa shape index (κ3) is 4.88. The molecule has 0 saturated carbocycles. The van der Waals surface area contributed by atoms with Crippen LogP contribution in [-0.2, 0) is 13.2 Å². The fourth-order valence-corrected chi connectivity index (χ4v) is 3.04. The highest BCUT2D eigenvalue weighted by Gasteiger charge is 2.10. The number of para-hydroxylation sites is 1. The van der Waals surface area contributed by atoms with E-state index < -0.39 is 0 Å². The van der Waals surface area contributed by atoms with Crippen molar-refractivity contribution in [2.24, 2.45) is 0 Å². The molecule has 128 valence electrons. The third-order valence-corrected chi connectivity index (χ3v) is 4.16. The van der Waals surface area contributed by atoms with Crippen LogP contribution in [0, 0.1) is 5.82 Å². The molecule has 0 aliphatic heterocycles. The maximum atomic E-state index is 13.2. The Balaban J connectivity index is 1.67. The van der Waals surface area contributed by atoms with E-state index in [9.17, 15) is 4.39 Å². The Morgan fingerprint density at radius 2 is 1.56 bits per heavy atom. The van der Waals surface area contributed by atoms with E-state index in [2.05, 4.69) is 5.32 Å². The summed E-state index contributed by atoms with van der Waals surface area (Å²) >= 11 is 12.6. The Kier molecular flexibility index (Phi) is 5.79. The van der Waals surface area contributed by atoms with Crippen LogP contribution in [0.2, 0.25) is 10.0 Å². The van der Waals surface area contributed by atoms with E-state index in [0.717, 1.165) is 11.3 Å². The number of rotatable bonds is 6. The molecule has 0 aliphatic carbocycles. The second-order valence-electron chi connectivity index (χ2n) is 5.53. The fourth-order valence-electron chi connectivity index (χ4n) is 2.39. The van der Waals surface area contributed by atoms with E-state index in [0.29, 0.717) is 27.9 Å². The van der Waals surface area contributed by atoms with E-state index >= 15 is 0 Å². The molecule has 0 radical (unpaired) electrons. The largest absolute Gasteiger partial charge is 0.486 e. The maximum absolute atomic E-state index is 13.2. The van der Waals surface area contributed by atoms with Gasteiger partial charge in [-0.15, -0.1) is 0 Å². The Labute approximate surface area is 156 Å². The molecule has 0 amide bonds. The van der Waals surface area contributed by atoms with E-state index in [4.69, 9.17) is 27.9 Å². The second kappa shape index (κ2) is 8.24. The summed E-state index contributed by atoms with van der Waals surface area (Å²) < 4.78 is 18.9. The summed E-state index contributed by atoms with van der Waals surface area (Å²) in [4.78, 5) is 0. The van der Waals surface area contributed by atoms with Crippen LogP contribution >= 0.6 is 23.2 Å². The van der Waals surface area contributed by atoms with Gasteiger partial charge in [0.05, 0.1) is 10.0 Å². The Morgan fingerprint density at radius 3 is 2.24 bits per heavy atom. The molecule has 0 bridgehead atoms. The molecular formula is C20H16Cl2FNO. The minimum Gasteiger partial charge on any atom is -0.486 e. The van der Waals surface area contributed by atoms with Crippen LogP contribution in [0.4, 0.5) is 10.1 Å². The molecule has 2 nitrogen and oxygen atoms in total. The molecular weight excluding hydrogens is 360 g/mol. The molecule has 0 fully saturated rings. The molecule has 0 aromatic heterocycles. The van der Waals surface area contributed by atoms with Gasteiger partial charge in [0.2, 0.25) is 0 Å². The highest BCUT2D eigenvalue weighted by Crippen LogP contribution is 2.35. The third-order valence-electron chi connectivity index (χ3n) is 3.60. The molecule has 0 heterocycles. The van der Waals surface area contributed by atoms with Crippen molar-refractivity contribution in [1.82, 2.24) is 0 Å². The molecule has 0 unspecified atom stereocenters. The van der Waals surface area contributed by atoms with E-state index in [1.54, 1.807) is 12.1 Å². The van der Waals surface area contributed by atoms with Gasteiger partial charge in [0, 0.05) is 12.2 Å². The number of hydrogen-bond acceptors (Lipinski definition) is 2. The zero-order valence-corrected chi connectivity index (χ0v) is 14.8. The van der Waals surface area contributed by atoms with Crippen molar-refractivity contribution in [1.29, 1.82) is 0 Å². The molecule has 0 aliphatic rings. The fraction of sp³-hybridized carbons (Fsp3) is 0.100. The number of benzene rings is 3.